The Bertz CT molecular complexity index is 143. The van der Waals surface area contributed by atoms with Gasteiger partial charge in [0.05, 0.1) is 6.61 Å². The molecule has 0 unspecified atom stereocenters. The molecule has 0 aliphatic rings. The molecule has 0 bridgehead atoms. The molecule has 0 amide bonds. The van der Waals surface area contributed by atoms with Gasteiger partial charge in [0.1, 0.15) is 24.4 Å². The second-order valence-corrected chi connectivity index (χ2v) is 2.36. The van der Waals surface area contributed by atoms with Gasteiger partial charge in [-0.2, -0.15) is 0 Å². The van der Waals surface area contributed by atoms with Crippen molar-refractivity contribution in [3.05, 3.63) is 0 Å². The van der Waals surface area contributed by atoms with Gasteiger partial charge in [-0.15, -0.1) is 0 Å². The van der Waals surface area contributed by atoms with Crippen LogP contribution in [-0.2, 0) is 4.79 Å². The van der Waals surface area contributed by atoms with E-state index in [1.54, 1.807) is 0 Å². The molecule has 13 heavy (non-hydrogen) atoms. The minimum absolute atomic E-state index is 0. The molecule has 0 aliphatic heterocycles. The zero-order valence-corrected chi connectivity index (χ0v) is 9.24. The fourth-order valence-corrected chi connectivity index (χ4v) is 0.618. The van der Waals surface area contributed by atoms with Crippen molar-refractivity contribution in [1.29, 1.82) is 0 Å². The van der Waals surface area contributed by atoms with E-state index in [0.29, 0.717) is 0 Å². The third-order valence-corrected chi connectivity index (χ3v) is 1.42. The predicted octanol–water partition coefficient (Wildman–Crippen LogP) is -3.76. The summed E-state index contributed by atoms with van der Waals surface area (Å²) in [5, 5.41) is 43.5. The largest absolute Gasteiger partial charge is 0.394 e. The number of hydrogen-bond donors (Lipinski definition) is 5. The molecule has 0 aliphatic carbocycles. The molecule has 0 saturated heterocycles. The third-order valence-electron chi connectivity index (χ3n) is 1.42. The van der Waals surface area contributed by atoms with E-state index in [1.165, 1.54) is 0 Å². The second-order valence-electron chi connectivity index (χ2n) is 2.36. The standard InChI is InChI=1S/C6H12O6.Na/c7-1-3(9)5(11)6(12)4(10)2-8;/h1,3-6,8-12H,2H2;/t3-,4+,5+,6+;/m1./s1. The Morgan fingerprint density at radius 1 is 1.08 bits per heavy atom. The minimum Gasteiger partial charge on any atom is -0.394 e. The van der Waals surface area contributed by atoms with Crippen LogP contribution >= 0.6 is 0 Å². The average Bonchev–Trinajstić information content (AvgIpc) is 2.12. The van der Waals surface area contributed by atoms with E-state index in [1.807, 2.05) is 0 Å². The van der Waals surface area contributed by atoms with E-state index in [-0.39, 0.29) is 35.8 Å². The Balaban J connectivity index is 0. The molecule has 0 fully saturated rings. The zero-order valence-electron chi connectivity index (χ0n) is 7.24. The molecular weight excluding hydrogens is 191 g/mol. The van der Waals surface area contributed by atoms with Crippen LogP contribution in [0.2, 0.25) is 0 Å². The van der Waals surface area contributed by atoms with Gasteiger partial charge in [-0.1, -0.05) is 0 Å². The van der Waals surface area contributed by atoms with Crippen LogP contribution in [0.4, 0.5) is 0 Å². The predicted molar refractivity (Wildman–Crippen MR) is 42.9 cm³/mol. The molecule has 1 radical (unpaired) electrons. The maximum Gasteiger partial charge on any atom is 0.151 e. The summed E-state index contributed by atoms with van der Waals surface area (Å²) in [5.41, 5.74) is 0. The number of rotatable bonds is 5. The Morgan fingerprint density at radius 3 is 1.85 bits per heavy atom. The maximum atomic E-state index is 9.90. The number of aliphatic hydroxyl groups excluding tert-OH is 5. The van der Waals surface area contributed by atoms with Gasteiger partial charge in [0, 0.05) is 29.6 Å². The van der Waals surface area contributed by atoms with Gasteiger partial charge in [0.25, 0.3) is 0 Å². The van der Waals surface area contributed by atoms with Gasteiger partial charge in [0.15, 0.2) is 6.29 Å². The molecule has 0 heterocycles. The van der Waals surface area contributed by atoms with Crippen molar-refractivity contribution in [2.75, 3.05) is 6.61 Å². The number of carbonyl (C=O) groups is 1. The molecule has 0 aromatic carbocycles. The van der Waals surface area contributed by atoms with Gasteiger partial charge in [-0.3, -0.25) is 0 Å². The summed E-state index contributed by atoms with van der Waals surface area (Å²) in [5.74, 6) is 0. The number of aldehydes is 1. The summed E-state index contributed by atoms with van der Waals surface area (Å²) in [6.07, 6.45) is -6.84. The minimum atomic E-state index is -1.79. The summed E-state index contributed by atoms with van der Waals surface area (Å²) >= 11 is 0. The van der Waals surface area contributed by atoms with Crippen LogP contribution in [-0.4, -0.2) is 92.4 Å². The number of carbonyl (C=O) groups excluding carboxylic acids is 1. The first-order valence-electron chi connectivity index (χ1n) is 3.33. The Labute approximate surface area is 97.1 Å². The van der Waals surface area contributed by atoms with Crippen molar-refractivity contribution in [2.24, 2.45) is 0 Å². The van der Waals surface area contributed by atoms with Crippen molar-refractivity contribution in [3.63, 3.8) is 0 Å². The summed E-state index contributed by atoms with van der Waals surface area (Å²) in [4.78, 5) is 9.90. The maximum absolute atomic E-state index is 9.90. The number of hydrogen-bond acceptors (Lipinski definition) is 6. The van der Waals surface area contributed by atoms with E-state index < -0.39 is 31.0 Å². The van der Waals surface area contributed by atoms with Crippen molar-refractivity contribution >= 4 is 35.8 Å². The van der Waals surface area contributed by atoms with Crippen LogP contribution < -0.4 is 0 Å². The van der Waals surface area contributed by atoms with E-state index in [0.717, 1.165) is 0 Å². The Hall–Kier alpha value is 0.470. The fraction of sp³-hybridized carbons (Fsp3) is 0.833. The zero-order chi connectivity index (χ0) is 9.72. The molecule has 7 heteroatoms. The molecular formula is C6H12NaO6. The van der Waals surface area contributed by atoms with Gasteiger partial charge in [-0.25, -0.2) is 0 Å². The van der Waals surface area contributed by atoms with E-state index in [9.17, 15) is 4.79 Å². The molecule has 0 spiro atoms. The summed E-state index contributed by atoms with van der Waals surface area (Å²) in [6, 6.07) is 0. The second kappa shape index (κ2) is 7.84. The molecule has 73 valence electrons. The van der Waals surface area contributed by atoms with Crippen molar-refractivity contribution in [1.82, 2.24) is 0 Å². The van der Waals surface area contributed by atoms with Gasteiger partial charge >= 0.3 is 0 Å². The monoisotopic (exact) mass is 203 g/mol. The van der Waals surface area contributed by atoms with Crippen LogP contribution in [0, 0.1) is 0 Å². The van der Waals surface area contributed by atoms with Crippen LogP contribution in [0.1, 0.15) is 0 Å². The molecule has 0 aromatic heterocycles. The average molecular weight is 203 g/mol. The Kier molecular flexibility index (Phi) is 9.60. The van der Waals surface area contributed by atoms with Gasteiger partial charge < -0.3 is 30.3 Å². The number of aliphatic hydroxyl groups is 5. The van der Waals surface area contributed by atoms with Crippen molar-refractivity contribution in [3.8, 4) is 0 Å². The first-order chi connectivity index (χ1) is 5.54. The van der Waals surface area contributed by atoms with E-state index in [2.05, 4.69) is 0 Å². The molecule has 6 nitrogen and oxygen atoms in total. The van der Waals surface area contributed by atoms with Gasteiger partial charge in [-0.05, 0) is 0 Å². The van der Waals surface area contributed by atoms with E-state index in [4.69, 9.17) is 25.5 Å². The van der Waals surface area contributed by atoms with Crippen LogP contribution in [0.15, 0.2) is 0 Å². The SMILES string of the molecule is O=C[C@@H](O)[C@H](O)[C@@H](O)[C@@H](O)CO.[Na]. The quantitative estimate of drug-likeness (QED) is 0.231. The van der Waals surface area contributed by atoms with E-state index >= 15 is 0 Å². The summed E-state index contributed by atoms with van der Waals surface area (Å²) in [7, 11) is 0. The fourth-order valence-electron chi connectivity index (χ4n) is 0.618. The molecule has 5 N–H and O–H groups in total. The molecule has 0 saturated carbocycles. The molecule has 4 atom stereocenters. The van der Waals surface area contributed by atoms with Crippen molar-refractivity contribution in [2.45, 2.75) is 24.4 Å². The first kappa shape index (κ1) is 15.9. The topological polar surface area (TPSA) is 118 Å². The first-order valence-corrected chi connectivity index (χ1v) is 3.33. The molecule has 0 aromatic rings. The van der Waals surface area contributed by atoms with Crippen molar-refractivity contribution < 1.29 is 30.3 Å². The normalized spacial score (nSPS) is 19.5. The van der Waals surface area contributed by atoms with Crippen LogP contribution in [0.5, 0.6) is 0 Å². The molecule has 0 rings (SSSR count). The van der Waals surface area contributed by atoms with Crippen LogP contribution in [0.25, 0.3) is 0 Å². The van der Waals surface area contributed by atoms with Gasteiger partial charge in [0.2, 0.25) is 0 Å². The summed E-state index contributed by atoms with van der Waals surface area (Å²) in [6.45, 7) is -0.760. The third kappa shape index (κ3) is 5.04. The Morgan fingerprint density at radius 2 is 1.54 bits per heavy atom. The van der Waals surface area contributed by atoms with Crippen LogP contribution in [0.3, 0.4) is 0 Å². The summed E-state index contributed by atoms with van der Waals surface area (Å²) < 4.78 is 0. The smallest absolute Gasteiger partial charge is 0.151 e.